The second-order valence-electron chi connectivity index (χ2n) is 3.50. The molecule has 0 aliphatic rings. The molecule has 0 radical (unpaired) electrons. The quantitative estimate of drug-likeness (QED) is 0.839. The lowest BCUT2D eigenvalue weighted by atomic mass is 10.1. The van der Waals surface area contributed by atoms with E-state index in [9.17, 15) is 4.79 Å². The summed E-state index contributed by atoms with van der Waals surface area (Å²) in [5.74, 6) is -0.125. The average Bonchev–Trinajstić information content (AvgIpc) is 2.18. The fourth-order valence-electron chi connectivity index (χ4n) is 1.16. The molecule has 1 aromatic carbocycles. The molecule has 1 rings (SSSR count). The molecule has 0 unspecified atom stereocenters. The molecule has 0 spiro atoms. The van der Waals surface area contributed by atoms with E-state index in [0.29, 0.717) is 17.1 Å². The minimum absolute atomic E-state index is 0.125. The maximum absolute atomic E-state index is 11.6. The third-order valence-corrected chi connectivity index (χ3v) is 2.34. The largest absolute Gasteiger partial charge is 0.347 e. The molecule has 15 heavy (non-hydrogen) atoms. The van der Waals surface area contributed by atoms with E-state index in [-0.39, 0.29) is 5.91 Å². The van der Waals surface area contributed by atoms with Gasteiger partial charge in [-0.15, -0.1) is 0 Å². The van der Waals surface area contributed by atoms with Gasteiger partial charge in [0.15, 0.2) is 0 Å². The number of hydrogen-bond acceptors (Lipinski definition) is 1. The normalized spacial score (nSPS) is 9.80. The van der Waals surface area contributed by atoms with E-state index >= 15 is 0 Å². The van der Waals surface area contributed by atoms with Gasteiger partial charge in [-0.2, -0.15) is 0 Å². The van der Waals surface area contributed by atoms with Crippen molar-refractivity contribution in [1.82, 2.24) is 5.32 Å². The Bertz CT molecular complexity index is 399. The van der Waals surface area contributed by atoms with Crippen molar-refractivity contribution < 1.29 is 4.79 Å². The molecule has 1 aromatic rings. The highest BCUT2D eigenvalue weighted by molar-refractivity contribution is 6.29. The van der Waals surface area contributed by atoms with Crippen LogP contribution in [0.15, 0.2) is 29.8 Å². The number of carbonyl (C=O) groups is 1. The molecular formula is C12H14ClNO. The van der Waals surface area contributed by atoms with Crippen LogP contribution in [-0.2, 0) is 0 Å². The third-order valence-electron chi connectivity index (χ3n) is 2.21. The van der Waals surface area contributed by atoms with E-state index in [1.54, 1.807) is 6.07 Å². The highest BCUT2D eigenvalue weighted by atomic mass is 35.5. The van der Waals surface area contributed by atoms with Crippen molar-refractivity contribution in [3.63, 3.8) is 0 Å². The topological polar surface area (TPSA) is 29.1 Å². The minimum atomic E-state index is -0.125. The average molecular weight is 224 g/mol. The molecule has 1 amide bonds. The van der Waals surface area contributed by atoms with Gasteiger partial charge < -0.3 is 5.32 Å². The summed E-state index contributed by atoms with van der Waals surface area (Å²) in [6.07, 6.45) is 0. The van der Waals surface area contributed by atoms with Gasteiger partial charge in [-0.25, -0.2) is 0 Å². The van der Waals surface area contributed by atoms with E-state index in [4.69, 9.17) is 11.6 Å². The number of aryl methyl sites for hydroxylation is 2. The summed E-state index contributed by atoms with van der Waals surface area (Å²) in [6.45, 7) is 7.79. The molecule has 0 saturated heterocycles. The molecule has 0 aliphatic heterocycles. The maximum atomic E-state index is 11.6. The van der Waals surface area contributed by atoms with Crippen LogP contribution in [0.4, 0.5) is 0 Å². The van der Waals surface area contributed by atoms with Gasteiger partial charge in [-0.1, -0.05) is 24.2 Å². The number of nitrogens with one attached hydrogen (secondary N) is 1. The van der Waals surface area contributed by atoms with Crippen LogP contribution >= 0.6 is 11.6 Å². The van der Waals surface area contributed by atoms with E-state index in [2.05, 4.69) is 11.9 Å². The lowest BCUT2D eigenvalue weighted by Crippen LogP contribution is -2.24. The van der Waals surface area contributed by atoms with Crippen molar-refractivity contribution in [1.29, 1.82) is 0 Å². The Kier molecular flexibility index (Phi) is 3.92. The highest BCUT2D eigenvalue weighted by Gasteiger charge is 2.05. The van der Waals surface area contributed by atoms with Crippen molar-refractivity contribution in [2.45, 2.75) is 13.8 Å². The van der Waals surface area contributed by atoms with E-state index in [1.165, 1.54) is 5.56 Å². The zero-order valence-electron chi connectivity index (χ0n) is 8.93. The standard InChI is InChI=1S/C12H14ClNO/c1-8-4-5-11(6-9(8)2)12(15)14-7-10(3)13/h4-6H,3,7H2,1-2H3,(H,14,15). The van der Waals surface area contributed by atoms with Gasteiger partial charge in [0.05, 0.1) is 6.54 Å². The first kappa shape index (κ1) is 11.8. The van der Waals surface area contributed by atoms with Crippen LogP contribution in [0.1, 0.15) is 21.5 Å². The Morgan fingerprint density at radius 1 is 1.40 bits per heavy atom. The van der Waals surface area contributed by atoms with Crippen LogP contribution in [0.25, 0.3) is 0 Å². The number of halogens is 1. The molecule has 0 aliphatic carbocycles. The first-order valence-corrected chi connectivity index (χ1v) is 5.07. The van der Waals surface area contributed by atoms with Crippen LogP contribution in [-0.4, -0.2) is 12.5 Å². The fourth-order valence-corrected chi connectivity index (χ4v) is 1.23. The second-order valence-corrected chi connectivity index (χ2v) is 4.03. The second kappa shape index (κ2) is 4.99. The predicted octanol–water partition coefficient (Wildman–Crippen LogP) is 2.79. The molecule has 3 heteroatoms. The summed E-state index contributed by atoms with van der Waals surface area (Å²) < 4.78 is 0. The Hall–Kier alpha value is -1.28. The number of carbonyl (C=O) groups excluding carboxylic acids is 1. The van der Waals surface area contributed by atoms with E-state index in [0.717, 1.165) is 5.56 Å². The Morgan fingerprint density at radius 2 is 2.07 bits per heavy atom. The van der Waals surface area contributed by atoms with Crippen LogP contribution in [0.2, 0.25) is 0 Å². The van der Waals surface area contributed by atoms with Gasteiger partial charge in [0.25, 0.3) is 5.91 Å². The molecule has 1 N–H and O–H groups in total. The van der Waals surface area contributed by atoms with Crippen LogP contribution in [0.5, 0.6) is 0 Å². The first-order valence-electron chi connectivity index (χ1n) is 4.69. The van der Waals surface area contributed by atoms with Gasteiger partial charge in [0.1, 0.15) is 0 Å². The van der Waals surface area contributed by atoms with Gasteiger partial charge >= 0.3 is 0 Å². The fraction of sp³-hybridized carbons (Fsp3) is 0.250. The van der Waals surface area contributed by atoms with E-state index in [1.807, 2.05) is 26.0 Å². The first-order chi connectivity index (χ1) is 7.00. The van der Waals surface area contributed by atoms with Crippen molar-refractivity contribution in [2.24, 2.45) is 0 Å². The number of benzene rings is 1. The van der Waals surface area contributed by atoms with Gasteiger partial charge in [-0.3, -0.25) is 4.79 Å². The smallest absolute Gasteiger partial charge is 0.251 e. The van der Waals surface area contributed by atoms with Crippen molar-refractivity contribution in [2.75, 3.05) is 6.54 Å². The molecule has 0 saturated carbocycles. The lowest BCUT2D eigenvalue weighted by molar-refractivity contribution is 0.0957. The predicted molar refractivity (Wildman–Crippen MR) is 63.2 cm³/mol. The maximum Gasteiger partial charge on any atom is 0.251 e. The molecule has 0 heterocycles. The SMILES string of the molecule is C=C(Cl)CNC(=O)c1ccc(C)c(C)c1. The van der Waals surface area contributed by atoms with Crippen molar-refractivity contribution in [3.8, 4) is 0 Å². The number of amides is 1. The minimum Gasteiger partial charge on any atom is -0.347 e. The summed E-state index contributed by atoms with van der Waals surface area (Å²) >= 11 is 5.56. The Balaban J connectivity index is 2.74. The molecule has 80 valence electrons. The lowest BCUT2D eigenvalue weighted by Gasteiger charge is -2.06. The Morgan fingerprint density at radius 3 is 2.60 bits per heavy atom. The highest BCUT2D eigenvalue weighted by Crippen LogP contribution is 2.09. The Labute approximate surface area is 94.9 Å². The van der Waals surface area contributed by atoms with Crippen LogP contribution < -0.4 is 5.32 Å². The van der Waals surface area contributed by atoms with Crippen LogP contribution in [0, 0.1) is 13.8 Å². The zero-order valence-corrected chi connectivity index (χ0v) is 9.69. The summed E-state index contributed by atoms with van der Waals surface area (Å²) in [5, 5.41) is 3.10. The number of rotatable bonds is 3. The summed E-state index contributed by atoms with van der Waals surface area (Å²) in [5.41, 5.74) is 2.93. The molecule has 0 atom stereocenters. The zero-order chi connectivity index (χ0) is 11.4. The monoisotopic (exact) mass is 223 g/mol. The summed E-state index contributed by atoms with van der Waals surface area (Å²) in [7, 11) is 0. The van der Waals surface area contributed by atoms with Crippen molar-refractivity contribution >= 4 is 17.5 Å². The molecule has 0 fully saturated rings. The molecule has 0 bridgehead atoms. The van der Waals surface area contributed by atoms with Gasteiger partial charge in [0, 0.05) is 10.6 Å². The van der Waals surface area contributed by atoms with Gasteiger partial charge in [-0.05, 0) is 37.1 Å². The van der Waals surface area contributed by atoms with Crippen molar-refractivity contribution in [3.05, 3.63) is 46.5 Å². The molecule has 2 nitrogen and oxygen atoms in total. The summed E-state index contributed by atoms with van der Waals surface area (Å²) in [6, 6.07) is 5.59. The summed E-state index contributed by atoms with van der Waals surface area (Å²) in [4.78, 5) is 11.6. The molecule has 0 aromatic heterocycles. The third kappa shape index (κ3) is 3.40. The number of hydrogen-bond donors (Lipinski definition) is 1. The van der Waals surface area contributed by atoms with Crippen LogP contribution in [0.3, 0.4) is 0 Å². The van der Waals surface area contributed by atoms with Gasteiger partial charge in [0.2, 0.25) is 0 Å². The molecular weight excluding hydrogens is 210 g/mol. The van der Waals surface area contributed by atoms with E-state index < -0.39 is 0 Å².